The molecule has 0 bridgehead atoms. The zero-order valence-corrected chi connectivity index (χ0v) is 17.0. The molecule has 0 aliphatic rings. The van der Waals surface area contributed by atoms with Crippen LogP contribution in [0, 0.1) is 0 Å². The quantitative estimate of drug-likeness (QED) is 0.495. The first kappa shape index (κ1) is 19.6. The molecule has 0 radical (unpaired) electrons. The van der Waals surface area contributed by atoms with E-state index in [2.05, 4.69) is 20.5 Å². The minimum absolute atomic E-state index is 0.159. The summed E-state index contributed by atoms with van der Waals surface area (Å²) in [6.45, 7) is 5.32. The lowest BCUT2D eigenvalue weighted by molar-refractivity contribution is 0.0490. The van der Waals surface area contributed by atoms with Gasteiger partial charge in [-0.05, 0) is 44.5 Å². The molecule has 4 aromatic rings. The number of nitrogens with one attached hydrogen (secondary N) is 2. The van der Waals surface area contributed by atoms with Gasteiger partial charge in [0.1, 0.15) is 11.6 Å². The van der Waals surface area contributed by atoms with Crippen LogP contribution in [0.15, 0.2) is 54.9 Å². The number of fused-ring (bicyclic) bond motifs is 2. The lowest BCUT2D eigenvalue weighted by Crippen LogP contribution is -2.45. The molecule has 1 atom stereocenters. The highest BCUT2D eigenvalue weighted by Gasteiger charge is 2.29. The summed E-state index contributed by atoms with van der Waals surface area (Å²) in [6, 6.07) is 12.3. The first-order chi connectivity index (χ1) is 14.3. The molecule has 0 fully saturated rings. The van der Waals surface area contributed by atoms with Crippen LogP contribution in [0.1, 0.15) is 37.0 Å². The van der Waals surface area contributed by atoms with Crippen molar-refractivity contribution in [1.29, 1.82) is 0 Å². The maximum absolute atomic E-state index is 13.4. The Kier molecular flexibility index (Phi) is 4.99. The van der Waals surface area contributed by atoms with Crippen LogP contribution in [0.3, 0.4) is 0 Å². The number of Topliss-reactive ketones (excluding diaryl/α,β-unsaturated/α-hetero) is 1. The van der Waals surface area contributed by atoms with Gasteiger partial charge in [-0.1, -0.05) is 24.3 Å². The topological polar surface area (TPSA) is 101 Å². The molecule has 3 heterocycles. The molecule has 4 rings (SSSR count). The maximum atomic E-state index is 13.4. The number of para-hydroxylation sites is 1. The van der Waals surface area contributed by atoms with E-state index in [1.54, 1.807) is 43.5 Å². The Morgan fingerprint density at radius 1 is 1.13 bits per heavy atom. The van der Waals surface area contributed by atoms with E-state index in [4.69, 9.17) is 4.74 Å². The number of nitrogens with zero attached hydrogens (tertiary/aromatic N) is 3. The molecule has 3 aromatic heterocycles. The Morgan fingerprint density at radius 2 is 1.90 bits per heavy atom. The Hall–Kier alpha value is -3.68. The van der Waals surface area contributed by atoms with E-state index in [1.807, 2.05) is 36.5 Å². The molecule has 8 heteroatoms. The molecule has 0 saturated heterocycles. The Labute approximate surface area is 173 Å². The largest absolute Gasteiger partial charge is 0.444 e. The SMILES string of the molecule is CC(C)(C)OC(=O)N[C@@H](Cc1c[nH]c2ccccc12)C(=O)c1nnc2ccccn12. The van der Waals surface area contributed by atoms with Gasteiger partial charge in [-0.2, -0.15) is 0 Å². The molecule has 2 N–H and O–H groups in total. The van der Waals surface area contributed by atoms with Gasteiger partial charge in [0.15, 0.2) is 5.65 Å². The third-order valence-electron chi connectivity index (χ3n) is 4.64. The van der Waals surface area contributed by atoms with Crippen molar-refractivity contribution < 1.29 is 14.3 Å². The fraction of sp³-hybridized carbons (Fsp3) is 0.273. The number of alkyl carbamates (subject to hydrolysis) is 1. The number of benzene rings is 1. The average Bonchev–Trinajstić information content (AvgIpc) is 3.30. The summed E-state index contributed by atoms with van der Waals surface area (Å²) in [5, 5.41) is 11.8. The van der Waals surface area contributed by atoms with E-state index in [0.717, 1.165) is 16.5 Å². The van der Waals surface area contributed by atoms with Gasteiger partial charge >= 0.3 is 6.09 Å². The van der Waals surface area contributed by atoms with Crippen LogP contribution in [-0.2, 0) is 11.2 Å². The highest BCUT2D eigenvalue weighted by atomic mass is 16.6. The predicted octanol–water partition coefficient (Wildman–Crippen LogP) is 3.53. The zero-order valence-electron chi connectivity index (χ0n) is 17.0. The maximum Gasteiger partial charge on any atom is 0.408 e. The summed E-state index contributed by atoms with van der Waals surface area (Å²) in [7, 11) is 0. The van der Waals surface area contributed by atoms with E-state index in [-0.39, 0.29) is 18.0 Å². The molecule has 1 amide bonds. The summed E-state index contributed by atoms with van der Waals surface area (Å²) in [4.78, 5) is 29.0. The van der Waals surface area contributed by atoms with Gasteiger partial charge in [-0.25, -0.2) is 4.79 Å². The molecule has 30 heavy (non-hydrogen) atoms. The van der Waals surface area contributed by atoms with Crippen molar-refractivity contribution >= 4 is 28.4 Å². The molecule has 1 aromatic carbocycles. The van der Waals surface area contributed by atoms with E-state index < -0.39 is 17.7 Å². The molecule has 0 unspecified atom stereocenters. The molecule has 0 spiro atoms. The Bertz CT molecular complexity index is 1220. The number of hydrogen-bond acceptors (Lipinski definition) is 5. The molecule has 0 saturated carbocycles. The van der Waals surface area contributed by atoms with Crippen molar-refractivity contribution in [2.24, 2.45) is 0 Å². The minimum Gasteiger partial charge on any atom is -0.444 e. The van der Waals surface area contributed by atoms with Crippen LogP contribution >= 0.6 is 0 Å². The van der Waals surface area contributed by atoms with Crippen molar-refractivity contribution in [1.82, 2.24) is 24.9 Å². The Morgan fingerprint density at radius 3 is 2.70 bits per heavy atom. The van der Waals surface area contributed by atoms with Gasteiger partial charge in [-0.3, -0.25) is 9.20 Å². The monoisotopic (exact) mass is 405 g/mol. The van der Waals surface area contributed by atoms with Crippen LogP contribution in [0.25, 0.3) is 16.6 Å². The number of aromatic amines is 1. The van der Waals surface area contributed by atoms with Gasteiger partial charge < -0.3 is 15.0 Å². The number of ether oxygens (including phenoxy) is 1. The van der Waals surface area contributed by atoms with E-state index in [0.29, 0.717) is 5.65 Å². The van der Waals surface area contributed by atoms with Crippen molar-refractivity contribution in [3.05, 3.63) is 66.2 Å². The van der Waals surface area contributed by atoms with Crippen LogP contribution in [-0.4, -0.2) is 43.1 Å². The van der Waals surface area contributed by atoms with E-state index in [9.17, 15) is 9.59 Å². The lowest BCUT2D eigenvalue weighted by atomic mass is 10.0. The Balaban J connectivity index is 1.67. The first-order valence-electron chi connectivity index (χ1n) is 9.70. The van der Waals surface area contributed by atoms with Crippen LogP contribution in [0.5, 0.6) is 0 Å². The first-order valence-corrected chi connectivity index (χ1v) is 9.70. The van der Waals surface area contributed by atoms with Gasteiger partial charge in [0, 0.05) is 29.7 Å². The number of hydrogen-bond donors (Lipinski definition) is 2. The molecule has 0 aliphatic carbocycles. The van der Waals surface area contributed by atoms with Crippen LogP contribution in [0.4, 0.5) is 4.79 Å². The number of H-pyrrole nitrogens is 1. The van der Waals surface area contributed by atoms with E-state index >= 15 is 0 Å². The number of amides is 1. The van der Waals surface area contributed by atoms with Crippen LogP contribution < -0.4 is 5.32 Å². The number of carbonyl (C=O) groups excluding carboxylic acids is 2. The molecule has 154 valence electrons. The van der Waals surface area contributed by atoms with Crippen molar-refractivity contribution in [3.63, 3.8) is 0 Å². The third-order valence-corrected chi connectivity index (χ3v) is 4.64. The fourth-order valence-electron chi connectivity index (χ4n) is 3.34. The predicted molar refractivity (Wildman–Crippen MR) is 112 cm³/mol. The lowest BCUT2D eigenvalue weighted by Gasteiger charge is -2.22. The standard InChI is InChI=1S/C22H23N5O3/c1-22(2,3)30-21(29)24-17(12-14-13-23-16-9-5-4-8-15(14)16)19(28)20-26-25-18-10-6-7-11-27(18)20/h4-11,13,17,23H,12H2,1-3H3,(H,24,29)/t17-/m0/s1. The second-order valence-corrected chi connectivity index (χ2v) is 8.08. The molecular formula is C22H23N5O3. The van der Waals surface area contributed by atoms with Crippen molar-refractivity contribution in [3.8, 4) is 0 Å². The summed E-state index contributed by atoms with van der Waals surface area (Å²) >= 11 is 0. The number of ketones is 1. The smallest absolute Gasteiger partial charge is 0.408 e. The third kappa shape index (κ3) is 4.03. The van der Waals surface area contributed by atoms with Gasteiger partial charge in [0.25, 0.3) is 0 Å². The number of pyridine rings is 1. The highest BCUT2D eigenvalue weighted by Crippen LogP contribution is 2.20. The molecule has 8 nitrogen and oxygen atoms in total. The highest BCUT2D eigenvalue weighted by molar-refractivity contribution is 6.00. The molecule has 0 aliphatic heterocycles. The van der Waals surface area contributed by atoms with Gasteiger partial charge in [-0.15, -0.1) is 10.2 Å². The summed E-state index contributed by atoms with van der Waals surface area (Å²) in [5.41, 5.74) is 1.75. The molecular weight excluding hydrogens is 382 g/mol. The summed E-state index contributed by atoms with van der Waals surface area (Å²) in [5.74, 6) is -0.184. The normalized spacial score (nSPS) is 12.8. The number of rotatable bonds is 5. The van der Waals surface area contributed by atoms with Gasteiger partial charge in [0.05, 0.1) is 0 Å². The fourth-order valence-corrected chi connectivity index (χ4v) is 3.34. The number of carbonyl (C=O) groups is 2. The van der Waals surface area contributed by atoms with Crippen molar-refractivity contribution in [2.75, 3.05) is 0 Å². The van der Waals surface area contributed by atoms with Gasteiger partial charge in [0.2, 0.25) is 11.6 Å². The summed E-state index contributed by atoms with van der Waals surface area (Å²) < 4.78 is 6.99. The van der Waals surface area contributed by atoms with Crippen molar-refractivity contribution in [2.45, 2.75) is 38.8 Å². The average molecular weight is 405 g/mol. The number of aromatic nitrogens is 4. The van der Waals surface area contributed by atoms with Crippen LogP contribution in [0.2, 0.25) is 0 Å². The second-order valence-electron chi connectivity index (χ2n) is 8.08. The summed E-state index contributed by atoms with van der Waals surface area (Å²) in [6.07, 6.45) is 3.20. The second kappa shape index (κ2) is 7.62. The van der Waals surface area contributed by atoms with E-state index in [1.165, 1.54) is 0 Å². The minimum atomic E-state index is -0.869. The zero-order chi connectivity index (χ0) is 21.3.